The van der Waals surface area contributed by atoms with E-state index in [-0.39, 0.29) is 0 Å². The number of hydrogen-bond acceptors (Lipinski definition) is 4. The normalized spacial score (nSPS) is 16.4. The molecule has 0 aliphatic heterocycles. The number of aliphatic carboxylic acids is 1. The van der Waals surface area contributed by atoms with Gasteiger partial charge in [0.25, 0.3) is 0 Å². The quantitative estimate of drug-likeness (QED) is 0.835. The van der Waals surface area contributed by atoms with E-state index in [1.54, 1.807) is 19.9 Å². The second-order valence-electron chi connectivity index (χ2n) is 5.03. The van der Waals surface area contributed by atoms with Crippen LogP contribution >= 0.6 is 0 Å². The molecule has 5 nitrogen and oxygen atoms in total. The molecular weight excluding hydrogens is 218 g/mol. The first-order valence-corrected chi connectivity index (χ1v) is 5.84. The first-order valence-electron chi connectivity index (χ1n) is 5.84. The van der Waals surface area contributed by atoms with Gasteiger partial charge in [0.15, 0.2) is 0 Å². The number of aromatic nitrogens is 2. The van der Waals surface area contributed by atoms with Crippen LogP contribution in [0.4, 0.5) is 5.82 Å². The highest BCUT2D eigenvalue weighted by Crippen LogP contribution is 2.34. The number of rotatable bonds is 4. The van der Waals surface area contributed by atoms with E-state index in [9.17, 15) is 4.79 Å². The van der Waals surface area contributed by atoms with Crippen LogP contribution in [0.3, 0.4) is 0 Å². The lowest BCUT2D eigenvalue weighted by molar-refractivity contribution is -0.141. The van der Waals surface area contributed by atoms with Crippen LogP contribution in [0.5, 0.6) is 0 Å². The Labute approximate surface area is 100 Å². The lowest BCUT2D eigenvalue weighted by Crippen LogP contribution is -2.40. The summed E-state index contributed by atoms with van der Waals surface area (Å²) >= 11 is 0. The van der Waals surface area contributed by atoms with Crippen molar-refractivity contribution in [3.05, 3.63) is 17.8 Å². The van der Waals surface area contributed by atoms with Gasteiger partial charge in [-0.15, -0.1) is 5.10 Å². The lowest BCUT2D eigenvalue weighted by Gasteiger charge is -2.25. The van der Waals surface area contributed by atoms with E-state index in [1.165, 1.54) is 19.3 Å². The lowest BCUT2D eigenvalue weighted by atomic mass is 9.83. The monoisotopic (exact) mass is 235 g/mol. The van der Waals surface area contributed by atoms with Gasteiger partial charge in [-0.05, 0) is 38.8 Å². The zero-order chi connectivity index (χ0) is 12.5. The van der Waals surface area contributed by atoms with E-state index in [4.69, 9.17) is 5.11 Å². The maximum atomic E-state index is 10.9. The van der Waals surface area contributed by atoms with E-state index in [0.29, 0.717) is 11.7 Å². The Balaban J connectivity index is 2.05. The standard InChI is InChI=1S/C12H17N3O2/c1-12(2,11(16)17)13-10-7-6-9(14-15-10)8-4-3-5-8/h6-8H,3-5H2,1-2H3,(H,13,15)(H,16,17). The summed E-state index contributed by atoms with van der Waals surface area (Å²) in [6, 6.07) is 3.72. The summed E-state index contributed by atoms with van der Waals surface area (Å²) < 4.78 is 0. The predicted octanol–water partition coefficient (Wildman–Crippen LogP) is 2.02. The van der Waals surface area contributed by atoms with E-state index < -0.39 is 11.5 Å². The zero-order valence-electron chi connectivity index (χ0n) is 10.1. The van der Waals surface area contributed by atoms with Gasteiger partial charge in [0.05, 0.1) is 5.69 Å². The second kappa shape index (κ2) is 4.31. The van der Waals surface area contributed by atoms with Gasteiger partial charge < -0.3 is 10.4 Å². The van der Waals surface area contributed by atoms with Gasteiger partial charge in [-0.2, -0.15) is 5.10 Å². The molecule has 0 aromatic carbocycles. The second-order valence-corrected chi connectivity index (χ2v) is 5.03. The van der Waals surface area contributed by atoms with Gasteiger partial charge in [0.1, 0.15) is 11.4 Å². The number of anilines is 1. The molecule has 5 heteroatoms. The summed E-state index contributed by atoms with van der Waals surface area (Å²) in [5, 5.41) is 20.0. The van der Waals surface area contributed by atoms with Gasteiger partial charge in [-0.25, -0.2) is 4.79 Å². The minimum Gasteiger partial charge on any atom is -0.480 e. The molecule has 0 unspecified atom stereocenters. The number of hydrogen-bond donors (Lipinski definition) is 2. The van der Waals surface area contributed by atoms with Crippen molar-refractivity contribution in [3.8, 4) is 0 Å². The van der Waals surface area contributed by atoms with Crippen molar-refractivity contribution in [2.75, 3.05) is 5.32 Å². The fourth-order valence-corrected chi connectivity index (χ4v) is 1.70. The SMILES string of the molecule is CC(C)(Nc1ccc(C2CCC2)nn1)C(=O)O. The maximum absolute atomic E-state index is 10.9. The Hall–Kier alpha value is -1.65. The summed E-state index contributed by atoms with van der Waals surface area (Å²) in [7, 11) is 0. The van der Waals surface area contributed by atoms with Gasteiger partial charge in [0, 0.05) is 5.92 Å². The summed E-state index contributed by atoms with van der Waals surface area (Å²) in [6.07, 6.45) is 3.63. The van der Waals surface area contributed by atoms with Crippen LogP contribution in [0.1, 0.15) is 44.7 Å². The topological polar surface area (TPSA) is 75.1 Å². The molecule has 1 fully saturated rings. The molecule has 0 spiro atoms. The summed E-state index contributed by atoms with van der Waals surface area (Å²) in [4.78, 5) is 10.9. The van der Waals surface area contributed by atoms with Gasteiger partial charge in [0.2, 0.25) is 0 Å². The Morgan fingerprint density at radius 2 is 2.12 bits per heavy atom. The number of carboxylic acid groups (broad SMARTS) is 1. The third kappa shape index (κ3) is 2.54. The van der Waals surface area contributed by atoms with Crippen molar-refractivity contribution in [2.24, 2.45) is 0 Å². The van der Waals surface area contributed by atoms with Crippen LogP contribution in [-0.2, 0) is 4.79 Å². The van der Waals surface area contributed by atoms with E-state index in [0.717, 1.165) is 5.69 Å². The minimum absolute atomic E-state index is 0.500. The molecule has 0 amide bonds. The Kier molecular flexibility index (Phi) is 3.00. The fourth-order valence-electron chi connectivity index (χ4n) is 1.70. The van der Waals surface area contributed by atoms with Crippen molar-refractivity contribution >= 4 is 11.8 Å². The molecule has 2 rings (SSSR count). The number of carboxylic acids is 1. The van der Waals surface area contributed by atoms with Crippen molar-refractivity contribution < 1.29 is 9.90 Å². The number of carbonyl (C=O) groups is 1. The summed E-state index contributed by atoms with van der Waals surface area (Å²) in [5.74, 6) is 0.131. The molecule has 1 aliphatic carbocycles. The predicted molar refractivity (Wildman–Crippen MR) is 64.0 cm³/mol. The van der Waals surface area contributed by atoms with Gasteiger partial charge in [-0.3, -0.25) is 0 Å². The van der Waals surface area contributed by atoms with Crippen LogP contribution < -0.4 is 5.32 Å². The Morgan fingerprint density at radius 3 is 2.53 bits per heavy atom. The number of nitrogens with one attached hydrogen (secondary N) is 1. The summed E-state index contributed by atoms with van der Waals surface area (Å²) in [6.45, 7) is 3.19. The zero-order valence-corrected chi connectivity index (χ0v) is 10.1. The van der Waals surface area contributed by atoms with Crippen LogP contribution in [-0.4, -0.2) is 26.8 Å². The maximum Gasteiger partial charge on any atom is 0.328 e. The first-order chi connectivity index (χ1) is 7.99. The summed E-state index contributed by atoms with van der Waals surface area (Å²) in [5.41, 5.74) is -0.0259. The molecule has 17 heavy (non-hydrogen) atoms. The largest absolute Gasteiger partial charge is 0.480 e. The Morgan fingerprint density at radius 1 is 1.41 bits per heavy atom. The molecule has 1 heterocycles. The van der Waals surface area contributed by atoms with Crippen molar-refractivity contribution in [3.63, 3.8) is 0 Å². The molecule has 0 saturated heterocycles. The molecule has 0 radical (unpaired) electrons. The third-order valence-corrected chi connectivity index (χ3v) is 3.18. The molecule has 1 aromatic rings. The average Bonchev–Trinajstić information content (AvgIpc) is 2.17. The van der Waals surface area contributed by atoms with Gasteiger partial charge >= 0.3 is 5.97 Å². The molecule has 1 aromatic heterocycles. The van der Waals surface area contributed by atoms with Crippen LogP contribution in [0, 0.1) is 0 Å². The van der Waals surface area contributed by atoms with Crippen LogP contribution in [0.2, 0.25) is 0 Å². The molecular formula is C12H17N3O2. The highest BCUT2D eigenvalue weighted by atomic mass is 16.4. The average molecular weight is 235 g/mol. The smallest absolute Gasteiger partial charge is 0.328 e. The third-order valence-electron chi connectivity index (χ3n) is 3.18. The number of nitrogens with zero attached hydrogens (tertiary/aromatic N) is 2. The van der Waals surface area contributed by atoms with Crippen LogP contribution in [0.15, 0.2) is 12.1 Å². The van der Waals surface area contributed by atoms with Crippen molar-refractivity contribution in [1.29, 1.82) is 0 Å². The molecule has 1 saturated carbocycles. The molecule has 92 valence electrons. The molecule has 1 aliphatic rings. The highest BCUT2D eigenvalue weighted by molar-refractivity contribution is 5.81. The molecule has 0 atom stereocenters. The van der Waals surface area contributed by atoms with Gasteiger partial charge in [-0.1, -0.05) is 6.42 Å². The highest BCUT2D eigenvalue weighted by Gasteiger charge is 2.27. The fraction of sp³-hybridized carbons (Fsp3) is 0.583. The van der Waals surface area contributed by atoms with Crippen molar-refractivity contribution in [2.45, 2.75) is 44.6 Å². The minimum atomic E-state index is -1.04. The van der Waals surface area contributed by atoms with E-state index >= 15 is 0 Å². The Bertz CT molecular complexity index is 410. The van der Waals surface area contributed by atoms with E-state index in [1.807, 2.05) is 6.07 Å². The van der Waals surface area contributed by atoms with Crippen molar-refractivity contribution in [1.82, 2.24) is 10.2 Å². The molecule has 0 bridgehead atoms. The first kappa shape index (κ1) is 11.8. The van der Waals surface area contributed by atoms with E-state index in [2.05, 4.69) is 15.5 Å². The van der Waals surface area contributed by atoms with Crippen LogP contribution in [0.25, 0.3) is 0 Å². The molecule has 2 N–H and O–H groups in total.